The van der Waals surface area contributed by atoms with E-state index in [-0.39, 0.29) is 17.4 Å². The largest absolute Gasteiger partial charge is 0.376 e. The van der Waals surface area contributed by atoms with Gasteiger partial charge in [-0.2, -0.15) is 0 Å². The van der Waals surface area contributed by atoms with Crippen LogP contribution >= 0.6 is 0 Å². The third kappa shape index (κ3) is 2.99. The van der Waals surface area contributed by atoms with Gasteiger partial charge >= 0.3 is 5.69 Å². The first-order valence-electron chi connectivity index (χ1n) is 8.00. The Balaban J connectivity index is 1.74. The molecule has 22 heavy (non-hydrogen) atoms. The highest BCUT2D eigenvalue weighted by Gasteiger charge is 2.21. The summed E-state index contributed by atoms with van der Waals surface area (Å²) in [6, 6.07) is 7.07. The lowest BCUT2D eigenvalue weighted by Gasteiger charge is -2.28. The fraction of sp³-hybridized carbons (Fsp3) is 0.529. The molecule has 1 saturated carbocycles. The summed E-state index contributed by atoms with van der Waals surface area (Å²) in [5.41, 5.74) is -0.0424. The summed E-state index contributed by atoms with van der Waals surface area (Å²) in [6.45, 7) is 2.90. The summed E-state index contributed by atoms with van der Waals surface area (Å²) in [5, 5.41) is 0.535. The number of nitrogens with one attached hydrogen (secondary N) is 1. The zero-order chi connectivity index (χ0) is 15.5. The van der Waals surface area contributed by atoms with Crippen LogP contribution in [0.2, 0.25) is 0 Å². The Morgan fingerprint density at radius 3 is 2.82 bits per heavy atom. The van der Waals surface area contributed by atoms with Gasteiger partial charge in [0, 0.05) is 0 Å². The molecule has 0 aliphatic heterocycles. The molecule has 0 amide bonds. The highest BCUT2D eigenvalue weighted by Crippen LogP contribution is 2.26. The third-order valence-electron chi connectivity index (χ3n) is 4.57. The Bertz CT molecular complexity index is 762. The van der Waals surface area contributed by atoms with Crippen LogP contribution in [0.1, 0.15) is 32.6 Å². The average molecular weight is 302 g/mol. The van der Waals surface area contributed by atoms with Gasteiger partial charge in [-0.1, -0.05) is 31.9 Å². The van der Waals surface area contributed by atoms with Crippen molar-refractivity contribution >= 4 is 10.9 Å². The van der Waals surface area contributed by atoms with E-state index < -0.39 is 0 Å². The van der Waals surface area contributed by atoms with E-state index in [1.807, 2.05) is 0 Å². The van der Waals surface area contributed by atoms with E-state index in [2.05, 4.69) is 11.9 Å². The number of benzene rings is 1. The number of H-pyrrole nitrogens is 1. The standard InChI is InChI=1S/C17H22N2O3/c1-12-6-2-5-9-15(12)22-11-10-19-16(20)13-7-3-4-8-14(13)18-17(19)21/h3-4,7-8,12,15H,2,5-6,9-11H2,1H3,(H,18,21)/t12-,15+/m1/s1. The van der Waals surface area contributed by atoms with Gasteiger partial charge in [0.15, 0.2) is 0 Å². The van der Waals surface area contributed by atoms with Crippen molar-refractivity contribution in [2.45, 2.75) is 45.3 Å². The number of aromatic amines is 1. The van der Waals surface area contributed by atoms with Gasteiger partial charge in [-0.25, -0.2) is 4.79 Å². The molecule has 0 saturated heterocycles. The maximum absolute atomic E-state index is 12.4. The molecule has 1 aliphatic rings. The Kier molecular flexibility index (Phi) is 4.43. The number of nitrogens with zero attached hydrogens (tertiary/aromatic N) is 1. The first-order valence-corrected chi connectivity index (χ1v) is 8.00. The fourth-order valence-corrected chi connectivity index (χ4v) is 3.23. The number of aromatic nitrogens is 2. The van der Waals surface area contributed by atoms with Crippen molar-refractivity contribution in [3.8, 4) is 0 Å². The third-order valence-corrected chi connectivity index (χ3v) is 4.57. The SMILES string of the molecule is C[C@@H]1CCCC[C@@H]1OCCn1c(=O)[nH]c2ccccc2c1=O. The molecule has 5 heteroatoms. The van der Waals surface area contributed by atoms with Crippen LogP contribution in [0.5, 0.6) is 0 Å². The number of rotatable bonds is 4. The van der Waals surface area contributed by atoms with E-state index in [0.717, 1.165) is 6.42 Å². The van der Waals surface area contributed by atoms with Gasteiger partial charge in [-0.3, -0.25) is 9.36 Å². The van der Waals surface area contributed by atoms with E-state index in [4.69, 9.17) is 4.74 Å². The first-order chi connectivity index (χ1) is 10.7. The molecule has 1 N–H and O–H groups in total. The van der Waals surface area contributed by atoms with Crippen molar-refractivity contribution in [3.63, 3.8) is 0 Å². The van der Waals surface area contributed by atoms with E-state index in [0.29, 0.717) is 30.0 Å². The average Bonchev–Trinajstić information content (AvgIpc) is 2.52. The number of fused-ring (bicyclic) bond motifs is 1. The van der Waals surface area contributed by atoms with Crippen molar-refractivity contribution < 1.29 is 4.74 Å². The van der Waals surface area contributed by atoms with Crippen LogP contribution in [-0.2, 0) is 11.3 Å². The summed E-state index contributed by atoms with van der Waals surface area (Å²) in [6.07, 6.45) is 4.99. The molecule has 5 nitrogen and oxygen atoms in total. The minimum Gasteiger partial charge on any atom is -0.376 e. The molecule has 0 spiro atoms. The summed E-state index contributed by atoms with van der Waals surface area (Å²) >= 11 is 0. The van der Waals surface area contributed by atoms with Crippen molar-refractivity contribution in [1.29, 1.82) is 0 Å². The number of hydrogen-bond acceptors (Lipinski definition) is 3. The fourth-order valence-electron chi connectivity index (χ4n) is 3.23. The molecule has 2 atom stereocenters. The minimum atomic E-state index is -0.371. The predicted molar refractivity (Wildman–Crippen MR) is 86.2 cm³/mol. The summed E-state index contributed by atoms with van der Waals surface area (Å²) in [5.74, 6) is 0.556. The lowest BCUT2D eigenvalue weighted by atomic mass is 9.88. The molecule has 118 valence electrons. The van der Waals surface area contributed by atoms with Gasteiger partial charge in [0.05, 0.1) is 30.2 Å². The van der Waals surface area contributed by atoms with Crippen molar-refractivity contribution in [2.24, 2.45) is 5.92 Å². The maximum atomic E-state index is 12.4. The molecule has 1 aliphatic carbocycles. The number of ether oxygens (including phenoxy) is 1. The van der Waals surface area contributed by atoms with Crippen LogP contribution in [0, 0.1) is 5.92 Å². The molecule has 1 fully saturated rings. The highest BCUT2D eigenvalue weighted by molar-refractivity contribution is 5.76. The first kappa shape index (κ1) is 15.0. The Morgan fingerprint density at radius 1 is 1.23 bits per heavy atom. The van der Waals surface area contributed by atoms with Crippen LogP contribution in [0.4, 0.5) is 0 Å². The molecule has 1 aromatic carbocycles. The van der Waals surface area contributed by atoms with E-state index in [1.165, 1.54) is 23.8 Å². The van der Waals surface area contributed by atoms with Gasteiger partial charge < -0.3 is 9.72 Å². The van der Waals surface area contributed by atoms with E-state index >= 15 is 0 Å². The van der Waals surface area contributed by atoms with Crippen molar-refractivity contribution in [1.82, 2.24) is 9.55 Å². The van der Waals surface area contributed by atoms with Gasteiger partial charge in [0.2, 0.25) is 0 Å². The van der Waals surface area contributed by atoms with Gasteiger partial charge in [0.25, 0.3) is 5.56 Å². The molecule has 1 aromatic heterocycles. The molecule has 0 radical (unpaired) electrons. The van der Waals surface area contributed by atoms with Crippen LogP contribution in [-0.4, -0.2) is 22.3 Å². The van der Waals surface area contributed by atoms with Gasteiger partial charge in [0.1, 0.15) is 0 Å². The minimum absolute atomic E-state index is 0.250. The number of para-hydroxylation sites is 1. The zero-order valence-electron chi connectivity index (χ0n) is 12.9. The van der Waals surface area contributed by atoms with Crippen LogP contribution < -0.4 is 11.2 Å². The maximum Gasteiger partial charge on any atom is 0.328 e. The zero-order valence-corrected chi connectivity index (χ0v) is 12.9. The molecule has 0 bridgehead atoms. The second kappa shape index (κ2) is 6.48. The molecule has 3 rings (SSSR count). The second-order valence-electron chi connectivity index (χ2n) is 6.10. The van der Waals surface area contributed by atoms with Crippen LogP contribution in [0.25, 0.3) is 10.9 Å². The Labute approximate surface area is 128 Å². The topological polar surface area (TPSA) is 64.1 Å². The molecule has 2 aromatic rings. The van der Waals surface area contributed by atoms with E-state index in [9.17, 15) is 9.59 Å². The lowest BCUT2D eigenvalue weighted by molar-refractivity contribution is -0.00892. The molecular weight excluding hydrogens is 280 g/mol. The van der Waals surface area contributed by atoms with Crippen LogP contribution in [0.15, 0.2) is 33.9 Å². The second-order valence-corrected chi connectivity index (χ2v) is 6.10. The smallest absolute Gasteiger partial charge is 0.328 e. The van der Waals surface area contributed by atoms with E-state index in [1.54, 1.807) is 24.3 Å². The lowest BCUT2D eigenvalue weighted by Crippen LogP contribution is -2.37. The van der Waals surface area contributed by atoms with Crippen molar-refractivity contribution in [3.05, 3.63) is 45.1 Å². The van der Waals surface area contributed by atoms with Crippen molar-refractivity contribution in [2.75, 3.05) is 6.61 Å². The predicted octanol–water partition coefficient (Wildman–Crippen LogP) is 2.29. The summed E-state index contributed by atoms with van der Waals surface area (Å²) < 4.78 is 7.14. The normalized spacial score (nSPS) is 22.0. The quantitative estimate of drug-likeness (QED) is 0.942. The Hall–Kier alpha value is -1.88. The number of hydrogen-bond donors (Lipinski definition) is 1. The van der Waals surface area contributed by atoms with Crippen LogP contribution in [0.3, 0.4) is 0 Å². The monoisotopic (exact) mass is 302 g/mol. The molecule has 0 unspecified atom stereocenters. The summed E-state index contributed by atoms with van der Waals surface area (Å²) in [7, 11) is 0. The van der Waals surface area contributed by atoms with Gasteiger partial charge in [-0.05, 0) is 30.9 Å². The van der Waals surface area contributed by atoms with Gasteiger partial charge in [-0.15, -0.1) is 0 Å². The molecular formula is C17H22N2O3. The Morgan fingerprint density at radius 2 is 2.00 bits per heavy atom. The molecule has 1 heterocycles. The highest BCUT2D eigenvalue weighted by atomic mass is 16.5. The summed E-state index contributed by atoms with van der Waals surface area (Å²) in [4.78, 5) is 27.2.